The number of benzene rings is 2. The molecule has 0 aliphatic carbocycles. The number of nitrogens with one attached hydrogen (secondary N) is 1. The third-order valence-corrected chi connectivity index (χ3v) is 3.27. The van der Waals surface area contributed by atoms with E-state index < -0.39 is 6.10 Å². The minimum Gasteiger partial charge on any atom is -0.481 e. The van der Waals surface area contributed by atoms with E-state index in [0.29, 0.717) is 11.7 Å². The highest BCUT2D eigenvalue weighted by atomic mass is 16.5. The highest BCUT2D eigenvalue weighted by molar-refractivity contribution is 5.94. The molecule has 1 amide bonds. The Kier molecular flexibility index (Phi) is 4.99. The number of amides is 1. The molecule has 110 valence electrons. The summed E-state index contributed by atoms with van der Waals surface area (Å²) in [6.07, 6.45) is -0.546. The predicted octanol–water partition coefficient (Wildman–Crippen LogP) is 4.22. The first-order chi connectivity index (χ1) is 10.1. The van der Waals surface area contributed by atoms with E-state index >= 15 is 0 Å². The number of para-hydroxylation sites is 1. The molecule has 0 saturated heterocycles. The topological polar surface area (TPSA) is 38.3 Å². The molecule has 2 aromatic carbocycles. The van der Waals surface area contributed by atoms with Crippen LogP contribution in [0.4, 0.5) is 5.69 Å². The minimum absolute atomic E-state index is 0.158. The second kappa shape index (κ2) is 6.93. The molecule has 0 bridgehead atoms. The van der Waals surface area contributed by atoms with Crippen molar-refractivity contribution in [3.8, 4) is 5.75 Å². The van der Waals surface area contributed by atoms with Gasteiger partial charge in [-0.3, -0.25) is 4.79 Å². The number of hydrogen-bond acceptors (Lipinski definition) is 2. The van der Waals surface area contributed by atoms with Gasteiger partial charge in [-0.2, -0.15) is 0 Å². The summed E-state index contributed by atoms with van der Waals surface area (Å²) >= 11 is 0. The molecule has 2 aromatic rings. The van der Waals surface area contributed by atoms with E-state index in [2.05, 4.69) is 19.2 Å². The Morgan fingerprint density at radius 2 is 1.57 bits per heavy atom. The number of rotatable bonds is 5. The minimum atomic E-state index is -0.546. The molecular weight excluding hydrogens is 262 g/mol. The van der Waals surface area contributed by atoms with E-state index in [-0.39, 0.29) is 5.91 Å². The average molecular weight is 283 g/mol. The lowest BCUT2D eigenvalue weighted by Gasteiger charge is -2.15. The van der Waals surface area contributed by atoms with Gasteiger partial charge in [0.25, 0.3) is 5.91 Å². The molecule has 0 saturated carbocycles. The maximum atomic E-state index is 12.1. The van der Waals surface area contributed by atoms with Crippen LogP contribution < -0.4 is 10.1 Å². The van der Waals surface area contributed by atoms with Crippen LogP contribution in [0.2, 0.25) is 0 Å². The number of carbonyl (C=O) groups is 1. The van der Waals surface area contributed by atoms with Crippen molar-refractivity contribution in [3.05, 3.63) is 60.2 Å². The van der Waals surface area contributed by atoms with E-state index in [9.17, 15) is 4.79 Å². The first-order valence-electron chi connectivity index (χ1n) is 7.19. The van der Waals surface area contributed by atoms with Crippen LogP contribution in [0.1, 0.15) is 32.3 Å². The SMILES string of the molecule is CC(C)c1ccc(O[C@@H](C)C(=O)Nc2ccccc2)cc1. The van der Waals surface area contributed by atoms with Crippen molar-refractivity contribution in [2.45, 2.75) is 32.8 Å². The summed E-state index contributed by atoms with van der Waals surface area (Å²) in [4.78, 5) is 12.1. The first-order valence-corrected chi connectivity index (χ1v) is 7.19. The van der Waals surface area contributed by atoms with Gasteiger partial charge >= 0.3 is 0 Å². The van der Waals surface area contributed by atoms with Crippen LogP contribution in [-0.4, -0.2) is 12.0 Å². The van der Waals surface area contributed by atoms with Crippen LogP contribution in [0.3, 0.4) is 0 Å². The monoisotopic (exact) mass is 283 g/mol. The fraction of sp³-hybridized carbons (Fsp3) is 0.278. The van der Waals surface area contributed by atoms with Gasteiger partial charge in [-0.25, -0.2) is 0 Å². The van der Waals surface area contributed by atoms with Crippen molar-refractivity contribution >= 4 is 11.6 Å². The Hall–Kier alpha value is -2.29. The van der Waals surface area contributed by atoms with Crippen molar-refractivity contribution in [2.24, 2.45) is 0 Å². The lowest BCUT2D eigenvalue weighted by molar-refractivity contribution is -0.122. The van der Waals surface area contributed by atoms with E-state index in [1.807, 2.05) is 54.6 Å². The van der Waals surface area contributed by atoms with Gasteiger partial charge < -0.3 is 10.1 Å². The lowest BCUT2D eigenvalue weighted by atomic mass is 10.0. The van der Waals surface area contributed by atoms with Crippen molar-refractivity contribution < 1.29 is 9.53 Å². The van der Waals surface area contributed by atoms with Gasteiger partial charge in [-0.1, -0.05) is 44.2 Å². The van der Waals surface area contributed by atoms with Gasteiger partial charge in [0, 0.05) is 5.69 Å². The van der Waals surface area contributed by atoms with Crippen LogP contribution in [0, 0.1) is 0 Å². The Morgan fingerprint density at radius 3 is 2.14 bits per heavy atom. The maximum Gasteiger partial charge on any atom is 0.265 e. The molecule has 0 heterocycles. The quantitative estimate of drug-likeness (QED) is 0.892. The third-order valence-electron chi connectivity index (χ3n) is 3.27. The second-order valence-corrected chi connectivity index (χ2v) is 5.34. The molecule has 3 nitrogen and oxygen atoms in total. The summed E-state index contributed by atoms with van der Waals surface area (Å²) in [5.74, 6) is 1.03. The molecule has 0 spiro atoms. The van der Waals surface area contributed by atoms with Crippen molar-refractivity contribution in [1.82, 2.24) is 0 Å². The molecule has 0 unspecified atom stereocenters. The fourth-order valence-electron chi connectivity index (χ4n) is 1.95. The molecule has 21 heavy (non-hydrogen) atoms. The predicted molar refractivity (Wildman–Crippen MR) is 85.7 cm³/mol. The van der Waals surface area contributed by atoms with E-state index in [0.717, 1.165) is 5.69 Å². The molecule has 2 rings (SSSR count). The zero-order valence-electron chi connectivity index (χ0n) is 12.7. The first kappa shape index (κ1) is 15.1. The van der Waals surface area contributed by atoms with E-state index in [4.69, 9.17) is 4.74 Å². The molecule has 0 radical (unpaired) electrons. The number of anilines is 1. The Morgan fingerprint density at radius 1 is 0.952 bits per heavy atom. The summed E-state index contributed by atoms with van der Waals surface area (Å²) < 4.78 is 5.67. The highest BCUT2D eigenvalue weighted by Crippen LogP contribution is 2.19. The average Bonchev–Trinajstić information content (AvgIpc) is 2.48. The van der Waals surface area contributed by atoms with Gasteiger partial charge in [0.2, 0.25) is 0 Å². The number of ether oxygens (including phenoxy) is 1. The number of hydrogen-bond donors (Lipinski definition) is 1. The van der Waals surface area contributed by atoms with Gasteiger partial charge in [0.05, 0.1) is 0 Å². The normalized spacial score (nSPS) is 12.0. The summed E-state index contributed by atoms with van der Waals surface area (Å²) in [7, 11) is 0. The molecule has 0 aromatic heterocycles. The standard InChI is InChI=1S/C18H21NO2/c1-13(2)15-9-11-17(12-10-15)21-14(3)18(20)19-16-7-5-4-6-8-16/h4-14H,1-3H3,(H,19,20)/t14-/m0/s1. The molecule has 0 fully saturated rings. The molecule has 0 aliphatic heterocycles. The second-order valence-electron chi connectivity index (χ2n) is 5.34. The van der Waals surface area contributed by atoms with Crippen LogP contribution in [0.5, 0.6) is 5.75 Å². The zero-order valence-corrected chi connectivity index (χ0v) is 12.7. The summed E-state index contributed by atoms with van der Waals surface area (Å²) in [6.45, 7) is 6.03. The summed E-state index contributed by atoms with van der Waals surface area (Å²) in [5.41, 5.74) is 2.02. The molecule has 1 atom stereocenters. The van der Waals surface area contributed by atoms with Gasteiger partial charge in [-0.15, -0.1) is 0 Å². The lowest BCUT2D eigenvalue weighted by Crippen LogP contribution is -2.30. The largest absolute Gasteiger partial charge is 0.481 e. The number of carbonyl (C=O) groups excluding carboxylic acids is 1. The van der Waals surface area contributed by atoms with E-state index in [1.165, 1.54) is 5.56 Å². The third kappa shape index (κ3) is 4.35. The smallest absolute Gasteiger partial charge is 0.265 e. The van der Waals surface area contributed by atoms with Crippen molar-refractivity contribution in [2.75, 3.05) is 5.32 Å². The van der Waals surface area contributed by atoms with E-state index in [1.54, 1.807) is 6.92 Å². The van der Waals surface area contributed by atoms with Gasteiger partial charge in [-0.05, 0) is 42.7 Å². The van der Waals surface area contributed by atoms with Crippen LogP contribution in [-0.2, 0) is 4.79 Å². The van der Waals surface area contributed by atoms with Crippen LogP contribution in [0.15, 0.2) is 54.6 Å². The van der Waals surface area contributed by atoms with Crippen molar-refractivity contribution in [1.29, 1.82) is 0 Å². The fourth-order valence-corrected chi connectivity index (χ4v) is 1.95. The maximum absolute atomic E-state index is 12.1. The summed E-state index contributed by atoms with van der Waals surface area (Å²) in [6, 6.07) is 17.2. The van der Waals surface area contributed by atoms with Gasteiger partial charge in [0.1, 0.15) is 5.75 Å². The molecule has 3 heteroatoms. The Balaban J connectivity index is 1.94. The highest BCUT2D eigenvalue weighted by Gasteiger charge is 2.14. The van der Waals surface area contributed by atoms with Crippen molar-refractivity contribution in [3.63, 3.8) is 0 Å². The molecular formula is C18H21NO2. The van der Waals surface area contributed by atoms with Crippen LogP contribution >= 0.6 is 0 Å². The molecule has 1 N–H and O–H groups in total. The summed E-state index contributed by atoms with van der Waals surface area (Å²) in [5, 5.41) is 2.83. The molecule has 0 aliphatic rings. The van der Waals surface area contributed by atoms with Crippen LogP contribution in [0.25, 0.3) is 0 Å². The Bertz CT molecular complexity index is 576. The zero-order chi connectivity index (χ0) is 15.2. The van der Waals surface area contributed by atoms with Gasteiger partial charge in [0.15, 0.2) is 6.10 Å². The Labute approximate surface area is 126 Å².